The summed E-state index contributed by atoms with van der Waals surface area (Å²) in [4.78, 5) is 37.0. The maximum Gasteiger partial charge on any atom is 0.337 e. The summed E-state index contributed by atoms with van der Waals surface area (Å²) in [5, 5.41) is 4.23. The molecule has 0 fully saturated rings. The zero-order valence-corrected chi connectivity index (χ0v) is 13.7. The van der Waals surface area contributed by atoms with Gasteiger partial charge in [0.25, 0.3) is 0 Å². The Bertz CT molecular complexity index is 514. The van der Waals surface area contributed by atoms with Crippen molar-refractivity contribution in [2.45, 2.75) is 46.8 Å². The molecule has 0 radical (unpaired) electrons. The van der Waals surface area contributed by atoms with Gasteiger partial charge in [-0.05, 0) is 25.3 Å². The number of hydrogen-bond donors (Lipinski definition) is 1. The van der Waals surface area contributed by atoms with Crippen molar-refractivity contribution in [1.82, 2.24) is 5.32 Å². The number of esters is 1. The molecule has 1 amide bonds. The summed E-state index contributed by atoms with van der Waals surface area (Å²) in [6.07, 6.45) is -0.359. The quantitative estimate of drug-likeness (QED) is 0.515. The summed E-state index contributed by atoms with van der Waals surface area (Å²) in [7, 11) is 0. The van der Waals surface area contributed by atoms with Crippen molar-refractivity contribution in [2.24, 2.45) is 5.41 Å². The lowest BCUT2D eigenvalue weighted by atomic mass is 9.95. The van der Waals surface area contributed by atoms with E-state index >= 15 is 0 Å². The molecule has 0 spiro atoms. The van der Waals surface area contributed by atoms with Crippen molar-refractivity contribution in [3.63, 3.8) is 0 Å². The third-order valence-electron chi connectivity index (χ3n) is 2.57. The van der Waals surface area contributed by atoms with Gasteiger partial charge >= 0.3 is 5.97 Å². The summed E-state index contributed by atoms with van der Waals surface area (Å²) in [5.74, 6) is -1.56. The predicted octanol–water partition coefficient (Wildman–Crippen LogP) is 2.41. The molecule has 116 valence electrons. The SMILES string of the molecule is CC(C)OC(=O)C(NC(=O)C(C)(C)C)C(=O)c1cccs1. The monoisotopic (exact) mass is 311 g/mol. The molecule has 1 heterocycles. The second-order valence-electron chi connectivity index (χ2n) is 5.98. The number of rotatable bonds is 5. The Hall–Kier alpha value is -1.69. The van der Waals surface area contributed by atoms with Crippen LogP contribution in [-0.4, -0.2) is 29.8 Å². The fourth-order valence-electron chi connectivity index (χ4n) is 1.44. The van der Waals surface area contributed by atoms with E-state index in [1.165, 1.54) is 11.3 Å². The van der Waals surface area contributed by atoms with Gasteiger partial charge in [0.15, 0.2) is 6.04 Å². The summed E-state index contributed by atoms with van der Waals surface area (Å²) in [6, 6.07) is 2.03. The molecule has 0 aromatic carbocycles. The second kappa shape index (κ2) is 6.85. The van der Waals surface area contributed by atoms with Crippen molar-refractivity contribution in [3.8, 4) is 0 Å². The fraction of sp³-hybridized carbons (Fsp3) is 0.533. The highest BCUT2D eigenvalue weighted by Gasteiger charge is 2.34. The predicted molar refractivity (Wildman–Crippen MR) is 81.3 cm³/mol. The Morgan fingerprint density at radius 3 is 2.29 bits per heavy atom. The molecule has 1 N–H and O–H groups in total. The number of amides is 1. The lowest BCUT2D eigenvalue weighted by Gasteiger charge is -2.23. The molecule has 1 aromatic rings. The molecule has 0 bridgehead atoms. The van der Waals surface area contributed by atoms with E-state index in [2.05, 4.69) is 5.32 Å². The minimum Gasteiger partial charge on any atom is -0.461 e. The highest BCUT2D eigenvalue weighted by molar-refractivity contribution is 7.12. The van der Waals surface area contributed by atoms with Crippen LogP contribution in [0.5, 0.6) is 0 Å². The van der Waals surface area contributed by atoms with Crippen molar-refractivity contribution in [1.29, 1.82) is 0 Å². The molecule has 0 saturated carbocycles. The number of ether oxygens (including phenoxy) is 1. The average Bonchev–Trinajstić information content (AvgIpc) is 2.86. The van der Waals surface area contributed by atoms with Crippen LogP contribution in [0.1, 0.15) is 44.3 Å². The highest BCUT2D eigenvalue weighted by atomic mass is 32.1. The molecule has 6 heteroatoms. The van der Waals surface area contributed by atoms with Crippen LogP contribution < -0.4 is 5.32 Å². The molecule has 0 saturated heterocycles. The van der Waals surface area contributed by atoms with Crippen molar-refractivity contribution in [2.75, 3.05) is 0 Å². The first-order chi connectivity index (χ1) is 9.62. The first kappa shape index (κ1) is 17.4. The van der Waals surface area contributed by atoms with E-state index in [9.17, 15) is 14.4 Å². The topological polar surface area (TPSA) is 72.5 Å². The van der Waals surface area contributed by atoms with Crippen LogP contribution >= 0.6 is 11.3 Å². The first-order valence-corrected chi connectivity index (χ1v) is 7.60. The van der Waals surface area contributed by atoms with Gasteiger partial charge in [-0.25, -0.2) is 4.79 Å². The van der Waals surface area contributed by atoms with Gasteiger partial charge < -0.3 is 10.1 Å². The van der Waals surface area contributed by atoms with Gasteiger partial charge in [0.2, 0.25) is 11.7 Å². The van der Waals surface area contributed by atoms with Crippen molar-refractivity contribution < 1.29 is 19.1 Å². The van der Waals surface area contributed by atoms with E-state index in [1.54, 1.807) is 52.1 Å². The third-order valence-corrected chi connectivity index (χ3v) is 3.45. The molecule has 1 aromatic heterocycles. The lowest BCUT2D eigenvalue weighted by molar-refractivity contribution is -0.150. The molecule has 0 aliphatic heterocycles. The Balaban J connectivity index is 2.97. The van der Waals surface area contributed by atoms with Gasteiger partial charge in [-0.1, -0.05) is 26.8 Å². The largest absolute Gasteiger partial charge is 0.461 e. The Morgan fingerprint density at radius 1 is 1.24 bits per heavy atom. The third kappa shape index (κ3) is 4.97. The fourth-order valence-corrected chi connectivity index (χ4v) is 2.14. The van der Waals surface area contributed by atoms with Gasteiger partial charge in [0.1, 0.15) is 0 Å². The van der Waals surface area contributed by atoms with Crippen molar-refractivity contribution >= 4 is 29.0 Å². The van der Waals surface area contributed by atoms with Crippen LogP contribution in [0, 0.1) is 5.41 Å². The molecule has 0 aliphatic carbocycles. The van der Waals surface area contributed by atoms with Crippen LogP contribution in [0.2, 0.25) is 0 Å². The van der Waals surface area contributed by atoms with Crippen LogP contribution in [0.15, 0.2) is 17.5 Å². The Morgan fingerprint density at radius 2 is 1.86 bits per heavy atom. The minimum atomic E-state index is -1.31. The zero-order chi connectivity index (χ0) is 16.2. The van der Waals surface area contributed by atoms with E-state index < -0.39 is 23.2 Å². The average molecular weight is 311 g/mol. The highest BCUT2D eigenvalue weighted by Crippen LogP contribution is 2.16. The number of thiophene rings is 1. The number of Topliss-reactive ketones (excluding diaryl/α,β-unsaturated/α-hetero) is 1. The molecular weight excluding hydrogens is 290 g/mol. The van der Waals surface area contributed by atoms with E-state index in [0.29, 0.717) is 4.88 Å². The summed E-state index contributed by atoms with van der Waals surface area (Å²) < 4.78 is 5.08. The zero-order valence-electron chi connectivity index (χ0n) is 12.9. The van der Waals surface area contributed by atoms with Gasteiger partial charge in [-0.15, -0.1) is 11.3 Å². The maximum absolute atomic E-state index is 12.4. The van der Waals surface area contributed by atoms with Crippen LogP contribution in [0.4, 0.5) is 0 Å². The first-order valence-electron chi connectivity index (χ1n) is 6.72. The normalized spacial score (nSPS) is 12.9. The summed E-state index contributed by atoms with van der Waals surface area (Å²) >= 11 is 1.22. The van der Waals surface area contributed by atoms with E-state index in [4.69, 9.17) is 4.74 Å². The smallest absolute Gasteiger partial charge is 0.337 e. The second-order valence-corrected chi connectivity index (χ2v) is 6.93. The number of nitrogens with one attached hydrogen (secondary N) is 1. The van der Waals surface area contributed by atoms with Gasteiger partial charge in [-0.2, -0.15) is 0 Å². The summed E-state index contributed by atoms with van der Waals surface area (Å²) in [5.41, 5.74) is -0.702. The minimum absolute atomic E-state index is 0.359. The lowest BCUT2D eigenvalue weighted by Crippen LogP contribution is -2.51. The standard InChI is InChI=1S/C15H21NO4S/c1-9(2)20-13(18)11(16-14(19)15(3,4)5)12(17)10-7-6-8-21-10/h6-9,11H,1-5H3,(H,16,19). The molecule has 1 atom stereocenters. The van der Waals surface area contributed by atoms with E-state index in [1.807, 2.05) is 0 Å². The molecular formula is C15H21NO4S. The van der Waals surface area contributed by atoms with Gasteiger partial charge in [0, 0.05) is 5.41 Å². The number of hydrogen-bond acceptors (Lipinski definition) is 5. The molecule has 1 unspecified atom stereocenters. The number of ketones is 1. The Labute approximate surface area is 128 Å². The van der Waals surface area contributed by atoms with Crippen LogP contribution in [0.3, 0.4) is 0 Å². The van der Waals surface area contributed by atoms with Crippen LogP contribution in [0.25, 0.3) is 0 Å². The molecule has 0 aliphatic rings. The molecule has 5 nitrogen and oxygen atoms in total. The number of carbonyl (C=O) groups is 3. The van der Waals surface area contributed by atoms with Crippen molar-refractivity contribution in [3.05, 3.63) is 22.4 Å². The van der Waals surface area contributed by atoms with E-state index in [-0.39, 0.29) is 12.0 Å². The number of carbonyl (C=O) groups excluding carboxylic acids is 3. The van der Waals surface area contributed by atoms with Crippen LogP contribution in [-0.2, 0) is 14.3 Å². The Kier molecular flexibility index (Phi) is 5.66. The maximum atomic E-state index is 12.4. The molecule has 1 rings (SSSR count). The summed E-state index contributed by atoms with van der Waals surface area (Å²) in [6.45, 7) is 8.51. The van der Waals surface area contributed by atoms with Gasteiger partial charge in [-0.3, -0.25) is 9.59 Å². The van der Waals surface area contributed by atoms with Gasteiger partial charge in [0.05, 0.1) is 11.0 Å². The van der Waals surface area contributed by atoms with E-state index in [0.717, 1.165) is 0 Å². The molecule has 21 heavy (non-hydrogen) atoms.